The largest absolute Gasteiger partial charge is 0.543 e. The van der Waals surface area contributed by atoms with E-state index in [4.69, 9.17) is 10.2 Å². The first-order chi connectivity index (χ1) is 9.71. The van der Waals surface area contributed by atoms with E-state index in [9.17, 15) is 0 Å². The van der Waals surface area contributed by atoms with E-state index in [1.165, 1.54) is 0 Å². The molecule has 1 aromatic heterocycles. The molecule has 0 unspecified atom stereocenters. The molecule has 2 rings (SSSR count). The minimum absolute atomic E-state index is 0.161. The fourth-order valence-electron chi connectivity index (χ4n) is 1.73. The smallest absolute Gasteiger partial charge is 0.250 e. The van der Waals surface area contributed by atoms with Crippen LogP contribution >= 0.6 is 0 Å². The fraction of sp³-hybridized carbons (Fsp3) is 0.375. The van der Waals surface area contributed by atoms with E-state index < -0.39 is 8.32 Å². The summed E-state index contributed by atoms with van der Waals surface area (Å²) in [6.45, 7) is 11.1. The Labute approximate surface area is 127 Å². The van der Waals surface area contributed by atoms with Gasteiger partial charge >= 0.3 is 0 Å². The van der Waals surface area contributed by atoms with Crippen molar-refractivity contribution in [2.75, 3.05) is 5.73 Å². The summed E-state index contributed by atoms with van der Waals surface area (Å²) in [5, 5.41) is 0.161. The van der Waals surface area contributed by atoms with Gasteiger partial charge in [0.1, 0.15) is 17.3 Å². The van der Waals surface area contributed by atoms with E-state index in [-0.39, 0.29) is 5.04 Å². The maximum Gasteiger partial charge on any atom is 0.250 e. The highest BCUT2D eigenvalue weighted by molar-refractivity contribution is 6.74. The predicted molar refractivity (Wildman–Crippen MR) is 89.7 cm³/mol. The second-order valence-electron chi connectivity index (χ2n) is 6.68. The summed E-state index contributed by atoms with van der Waals surface area (Å²) < 4.78 is 6.32. The van der Waals surface area contributed by atoms with Gasteiger partial charge in [-0.1, -0.05) is 32.9 Å². The third kappa shape index (κ3) is 3.42. The van der Waals surface area contributed by atoms with Crippen LogP contribution in [0.4, 0.5) is 5.82 Å². The van der Waals surface area contributed by atoms with Gasteiger partial charge in [-0.25, -0.2) is 4.98 Å². The minimum Gasteiger partial charge on any atom is -0.543 e. The summed E-state index contributed by atoms with van der Waals surface area (Å²) in [7, 11) is -1.85. The molecular formula is C16H23N3OSi. The van der Waals surface area contributed by atoms with Crippen LogP contribution in [0.2, 0.25) is 18.1 Å². The molecule has 1 heterocycles. The number of aromatic nitrogens is 2. The molecule has 1 aromatic carbocycles. The minimum atomic E-state index is -1.85. The second kappa shape index (κ2) is 5.48. The van der Waals surface area contributed by atoms with Gasteiger partial charge in [-0.2, -0.15) is 0 Å². The Kier molecular flexibility index (Phi) is 4.05. The number of nitrogens with two attached hydrogens (primary N) is 1. The number of benzene rings is 1. The van der Waals surface area contributed by atoms with Crippen LogP contribution in [0, 0.1) is 0 Å². The zero-order chi connectivity index (χ0) is 15.7. The molecule has 21 heavy (non-hydrogen) atoms. The zero-order valence-electron chi connectivity index (χ0n) is 13.3. The molecule has 0 aliphatic heterocycles. The molecule has 0 radical (unpaired) electrons. The number of hydrogen-bond donors (Lipinski definition) is 1. The molecule has 0 fully saturated rings. The first-order valence-electron chi connectivity index (χ1n) is 7.07. The maximum atomic E-state index is 6.32. The number of rotatable bonds is 3. The van der Waals surface area contributed by atoms with Crippen molar-refractivity contribution in [3.8, 4) is 17.0 Å². The molecular weight excluding hydrogens is 278 g/mol. The third-order valence-electron chi connectivity index (χ3n) is 4.01. The summed E-state index contributed by atoms with van der Waals surface area (Å²) in [5.74, 6) is 1.30. The molecule has 0 spiro atoms. The van der Waals surface area contributed by atoms with Crippen molar-refractivity contribution < 1.29 is 4.43 Å². The molecule has 0 saturated carbocycles. The van der Waals surface area contributed by atoms with Gasteiger partial charge < -0.3 is 10.2 Å². The Bertz CT molecular complexity index is 635. The first kappa shape index (κ1) is 15.5. The lowest BCUT2D eigenvalue weighted by Crippen LogP contribution is -2.43. The van der Waals surface area contributed by atoms with Gasteiger partial charge in [0.2, 0.25) is 8.32 Å². The topological polar surface area (TPSA) is 61.0 Å². The van der Waals surface area contributed by atoms with Gasteiger partial charge in [-0.05, 0) is 30.3 Å². The van der Waals surface area contributed by atoms with Crippen LogP contribution in [0.3, 0.4) is 0 Å². The Morgan fingerprint density at radius 1 is 1.10 bits per heavy atom. The highest BCUT2D eigenvalue weighted by Crippen LogP contribution is 2.38. The SMILES string of the molecule is CC(C)(C)[Si](C)(C)Oc1cccc(-c2nccnc2N)c1. The average Bonchev–Trinajstić information content (AvgIpc) is 2.37. The lowest BCUT2D eigenvalue weighted by molar-refractivity contribution is 0.492. The van der Waals surface area contributed by atoms with E-state index in [0.717, 1.165) is 11.3 Å². The van der Waals surface area contributed by atoms with Crippen molar-refractivity contribution in [1.29, 1.82) is 0 Å². The van der Waals surface area contributed by atoms with Crippen molar-refractivity contribution in [1.82, 2.24) is 9.97 Å². The van der Waals surface area contributed by atoms with Gasteiger partial charge in [0, 0.05) is 18.0 Å². The molecule has 0 aliphatic rings. The van der Waals surface area contributed by atoms with E-state index in [2.05, 4.69) is 43.8 Å². The molecule has 0 atom stereocenters. The van der Waals surface area contributed by atoms with Crippen LogP contribution in [-0.2, 0) is 0 Å². The Morgan fingerprint density at radius 2 is 1.76 bits per heavy atom. The number of nitrogen functional groups attached to an aromatic ring is 1. The van der Waals surface area contributed by atoms with E-state index in [1.54, 1.807) is 12.4 Å². The monoisotopic (exact) mass is 301 g/mol. The summed E-state index contributed by atoms with van der Waals surface area (Å²) in [5.41, 5.74) is 7.51. The van der Waals surface area contributed by atoms with Crippen molar-refractivity contribution in [2.24, 2.45) is 0 Å². The normalized spacial score (nSPS) is 12.2. The maximum absolute atomic E-state index is 6.32. The zero-order valence-corrected chi connectivity index (χ0v) is 14.3. The van der Waals surface area contributed by atoms with E-state index >= 15 is 0 Å². The van der Waals surface area contributed by atoms with Crippen molar-refractivity contribution in [3.05, 3.63) is 36.7 Å². The summed E-state index contributed by atoms with van der Waals surface area (Å²) in [6, 6.07) is 7.90. The molecule has 4 nitrogen and oxygen atoms in total. The van der Waals surface area contributed by atoms with Crippen LogP contribution in [0.5, 0.6) is 5.75 Å². The second-order valence-corrected chi connectivity index (χ2v) is 11.4. The lowest BCUT2D eigenvalue weighted by atomic mass is 10.1. The average molecular weight is 301 g/mol. The van der Waals surface area contributed by atoms with Crippen LogP contribution in [0.25, 0.3) is 11.3 Å². The Balaban J connectivity index is 2.33. The van der Waals surface area contributed by atoms with Crippen LogP contribution in [-0.4, -0.2) is 18.3 Å². The number of anilines is 1. The third-order valence-corrected chi connectivity index (χ3v) is 8.37. The van der Waals surface area contributed by atoms with Crippen molar-refractivity contribution in [2.45, 2.75) is 38.9 Å². The number of hydrogen-bond acceptors (Lipinski definition) is 4. The summed E-state index contributed by atoms with van der Waals surface area (Å²) in [4.78, 5) is 8.39. The molecule has 0 bridgehead atoms. The van der Waals surface area contributed by atoms with Crippen molar-refractivity contribution >= 4 is 14.1 Å². The van der Waals surface area contributed by atoms with Crippen LogP contribution < -0.4 is 10.2 Å². The van der Waals surface area contributed by atoms with Gasteiger partial charge in [0.15, 0.2) is 0 Å². The molecule has 2 aromatic rings. The molecule has 2 N–H and O–H groups in total. The molecule has 0 saturated heterocycles. The quantitative estimate of drug-likeness (QED) is 0.867. The van der Waals surface area contributed by atoms with Gasteiger partial charge in [-0.3, -0.25) is 4.98 Å². The summed E-state index contributed by atoms with van der Waals surface area (Å²) in [6.07, 6.45) is 3.24. The molecule has 5 heteroatoms. The van der Waals surface area contributed by atoms with E-state index in [1.807, 2.05) is 24.3 Å². The summed E-state index contributed by atoms with van der Waals surface area (Å²) >= 11 is 0. The standard InChI is InChI=1S/C16H23N3OSi/c1-16(2,3)21(4,5)20-13-8-6-7-12(11-13)14-15(17)19-10-9-18-14/h6-11H,1-5H3,(H2,17,19). The molecule has 0 amide bonds. The molecule has 0 aliphatic carbocycles. The molecule has 112 valence electrons. The Hall–Kier alpha value is -1.88. The predicted octanol–water partition coefficient (Wildman–Crippen LogP) is 4.11. The Morgan fingerprint density at radius 3 is 2.38 bits per heavy atom. The van der Waals surface area contributed by atoms with Gasteiger partial charge in [0.05, 0.1) is 0 Å². The highest BCUT2D eigenvalue weighted by atomic mass is 28.4. The van der Waals surface area contributed by atoms with Crippen molar-refractivity contribution in [3.63, 3.8) is 0 Å². The van der Waals surface area contributed by atoms with Crippen LogP contribution in [0.15, 0.2) is 36.7 Å². The highest BCUT2D eigenvalue weighted by Gasteiger charge is 2.38. The fourth-order valence-corrected chi connectivity index (χ4v) is 2.75. The van der Waals surface area contributed by atoms with Crippen LogP contribution in [0.1, 0.15) is 20.8 Å². The first-order valence-corrected chi connectivity index (χ1v) is 9.97. The van der Waals surface area contributed by atoms with Gasteiger partial charge in [-0.15, -0.1) is 0 Å². The van der Waals surface area contributed by atoms with Gasteiger partial charge in [0.25, 0.3) is 0 Å². The number of nitrogens with zero attached hydrogens (tertiary/aromatic N) is 2. The lowest BCUT2D eigenvalue weighted by Gasteiger charge is -2.36. The van der Waals surface area contributed by atoms with E-state index in [0.29, 0.717) is 11.5 Å².